The third-order valence-corrected chi connectivity index (χ3v) is 1.68. The zero-order valence-electron chi connectivity index (χ0n) is 7.44. The van der Waals surface area contributed by atoms with Crippen molar-refractivity contribution in [2.45, 2.75) is 5.16 Å². The Kier molecular flexibility index (Phi) is 3.77. The first-order valence-electron chi connectivity index (χ1n) is 3.92. The van der Waals surface area contributed by atoms with E-state index in [1.54, 1.807) is 6.07 Å². The number of para-hydroxylation sites is 2. The van der Waals surface area contributed by atoms with Crippen molar-refractivity contribution in [1.82, 2.24) is 9.97 Å². The molecule has 0 saturated heterocycles. The lowest BCUT2D eigenvalue weighted by Gasteiger charge is -1.81. The van der Waals surface area contributed by atoms with Gasteiger partial charge in [-0.2, -0.15) is 5.26 Å². The Morgan fingerprint density at radius 2 is 2.14 bits per heavy atom. The Hall–Kier alpha value is -1.73. The van der Waals surface area contributed by atoms with E-state index in [0.29, 0.717) is 5.16 Å². The number of benzene rings is 1. The summed E-state index contributed by atoms with van der Waals surface area (Å²) in [6.07, 6.45) is 1.18. The second kappa shape index (κ2) is 5.10. The SMILES string of the molecule is C=CC#N.Sc1nc2ccccc2[nH]1. The molecule has 4 heteroatoms. The van der Waals surface area contributed by atoms with Crippen LogP contribution in [-0.2, 0) is 0 Å². The minimum Gasteiger partial charge on any atom is -0.333 e. The maximum atomic E-state index is 7.51. The smallest absolute Gasteiger partial charge is 0.163 e. The van der Waals surface area contributed by atoms with Gasteiger partial charge in [-0.05, 0) is 12.1 Å². The van der Waals surface area contributed by atoms with E-state index in [4.69, 9.17) is 5.26 Å². The molecule has 0 saturated carbocycles. The molecule has 0 unspecified atom stereocenters. The Balaban J connectivity index is 0.000000213. The van der Waals surface area contributed by atoms with Gasteiger partial charge in [0.15, 0.2) is 5.16 Å². The van der Waals surface area contributed by atoms with Crippen molar-refractivity contribution in [1.29, 1.82) is 5.26 Å². The van der Waals surface area contributed by atoms with Crippen LogP contribution in [0.1, 0.15) is 0 Å². The first kappa shape index (κ1) is 10.4. The molecule has 0 bridgehead atoms. The molecule has 1 aromatic carbocycles. The number of nitriles is 1. The molecule has 2 aromatic rings. The van der Waals surface area contributed by atoms with Crippen molar-refractivity contribution in [2.24, 2.45) is 0 Å². The Labute approximate surface area is 87.5 Å². The lowest BCUT2D eigenvalue weighted by molar-refractivity contribution is 1.09. The van der Waals surface area contributed by atoms with Crippen LogP contribution in [0.2, 0.25) is 0 Å². The molecule has 1 heterocycles. The van der Waals surface area contributed by atoms with Gasteiger partial charge >= 0.3 is 0 Å². The number of imidazole rings is 1. The molecule has 0 atom stereocenters. The summed E-state index contributed by atoms with van der Waals surface area (Å²) in [6, 6.07) is 9.54. The monoisotopic (exact) mass is 203 g/mol. The van der Waals surface area contributed by atoms with Crippen LogP contribution in [0.3, 0.4) is 0 Å². The second-order valence-corrected chi connectivity index (χ2v) is 2.83. The first-order valence-corrected chi connectivity index (χ1v) is 4.37. The molecule has 0 aliphatic carbocycles. The molecular formula is C10H9N3S. The highest BCUT2D eigenvalue weighted by atomic mass is 32.1. The van der Waals surface area contributed by atoms with Gasteiger partial charge in [-0.15, -0.1) is 12.6 Å². The molecule has 1 aromatic heterocycles. The Bertz CT molecular complexity index is 434. The lowest BCUT2D eigenvalue weighted by Crippen LogP contribution is -1.63. The Morgan fingerprint density at radius 1 is 1.50 bits per heavy atom. The van der Waals surface area contributed by atoms with Crippen LogP contribution >= 0.6 is 12.6 Å². The van der Waals surface area contributed by atoms with E-state index < -0.39 is 0 Å². The van der Waals surface area contributed by atoms with Crippen LogP contribution in [-0.4, -0.2) is 9.97 Å². The maximum absolute atomic E-state index is 7.51. The third kappa shape index (κ3) is 2.64. The number of hydrogen-bond donors (Lipinski definition) is 2. The number of nitrogens with zero attached hydrogens (tertiary/aromatic N) is 2. The van der Waals surface area contributed by atoms with Gasteiger partial charge in [0.05, 0.1) is 17.1 Å². The van der Waals surface area contributed by atoms with E-state index in [9.17, 15) is 0 Å². The maximum Gasteiger partial charge on any atom is 0.163 e. The average Bonchev–Trinajstić information content (AvgIpc) is 2.58. The molecule has 0 amide bonds. The highest BCUT2D eigenvalue weighted by Crippen LogP contribution is 2.11. The summed E-state index contributed by atoms with van der Waals surface area (Å²) in [5, 5.41) is 8.17. The van der Waals surface area contributed by atoms with E-state index in [2.05, 4.69) is 29.2 Å². The number of hydrogen-bond acceptors (Lipinski definition) is 3. The highest BCUT2D eigenvalue weighted by Gasteiger charge is 1.94. The summed E-state index contributed by atoms with van der Waals surface area (Å²) in [7, 11) is 0. The molecule has 14 heavy (non-hydrogen) atoms. The summed E-state index contributed by atoms with van der Waals surface area (Å²) >= 11 is 4.08. The standard InChI is InChI=1S/C7H6N2S.C3H3N/c10-7-8-5-3-1-2-4-6(5)9-7;1-2-3-4/h1-4H,(H2,8,9,10);2H,1H2. The zero-order valence-corrected chi connectivity index (χ0v) is 8.33. The van der Waals surface area contributed by atoms with Crippen LogP contribution in [0.25, 0.3) is 11.0 Å². The number of rotatable bonds is 0. The number of fused-ring (bicyclic) bond motifs is 1. The summed E-state index contributed by atoms with van der Waals surface area (Å²) in [6.45, 7) is 3.12. The fourth-order valence-electron chi connectivity index (χ4n) is 0.939. The normalized spacial score (nSPS) is 8.57. The number of aromatic amines is 1. The molecule has 0 radical (unpaired) electrons. The van der Waals surface area contributed by atoms with E-state index in [0.717, 1.165) is 11.0 Å². The van der Waals surface area contributed by atoms with Crippen molar-refractivity contribution >= 4 is 23.7 Å². The fraction of sp³-hybridized carbons (Fsp3) is 0. The summed E-state index contributed by atoms with van der Waals surface area (Å²) < 4.78 is 0. The molecular weight excluding hydrogens is 194 g/mol. The van der Waals surface area contributed by atoms with Crippen LogP contribution in [0, 0.1) is 11.3 Å². The molecule has 0 aliphatic rings. The predicted molar refractivity (Wildman–Crippen MR) is 59.2 cm³/mol. The van der Waals surface area contributed by atoms with Crippen molar-refractivity contribution in [2.75, 3.05) is 0 Å². The molecule has 2 rings (SSSR count). The average molecular weight is 203 g/mol. The van der Waals surface area contributed by atoms with Crippen LogP contribution in [0.5, 0.6) is 0 Å². The molecule has 0 aliphatic heterocycles. The van der Waals surface area contributed by atoms with Gasteiger partial charge < -0.3 is 4.98 Å². The topological polar surface area (TPSA) is 52.5 Å². The molecule has 0 spiro atoms. The molecule has 3 nitrogen and oxygen atoms in total. The molecule has 0 fully saturated rings. The van der Waals surface area contributed by atoms with Crippen LogP contribution in [0.15, 0.2) is 42.1 Å². The predicted octanol–water partition coefficient (Wildman–Crippen LogP) is 2.55. The van der Waals surface area contributed by atoms with Crippen molar-refractivity contribution in [3.05, 3.63) is 36.9 Å². The van der Waals surface area contributed by atoms with E-state index in [-0.39, 0.29) is 0 Å². The summed E-state index contributed by atoms with van der Waals surface area (Å²) in [4.78, 5) is 7.13. The van der Waals surface area contributed by atoms with Gasteiger partial charge in [0.2, 0.25) is 0 Å². The Morgan fingerprint density at radius 3 is 2.71 bits per heavy atom. The minimum atomic E-state index is 0.668. The summed E-state index contributed by atoms with van der Waals surface area (Å²) in [5.41, 5.74) is 2.00. The quantitative estimate of drug-likeness (QED) is 0.510. The van der Waals surface area contributed by atoms with E-state index in [1.165, 1.54) is 6.08 Å². The van der Waals surface area contributed by atoms with Gasteiger partial charge in [0.25, 0.3) is 0 Å². The first-order chi connectivity index (χ1) is 6.77. The van der Waals surface area contributed by atoms with Gasteiger partial charge in [-0.25, -0.2) is 4.98 Å². The van der Waals surface area contributed by atoms with Gasteiger partial charge in [-0.1, -0.05) is 18.7 Å². The van der Waals surface area contributed by atoms with E-state index >= 15 is 0 Å². The third-order valence-electron chi connectivity index (χ3n) is 1.47. The lowest BCUT2D eigenvalue weighted by atomic mass is 10.3. The highest BCUT2D eigenvalue weighted by molar-refractivity contribution is 7.80. The number of nitrogens with one attached hydrogen (secondary N) is 1. The van der Waals surface area contributed by atoms with E-state index in [1.807, 2.05) is 24.3 Å². The van der Waals surface area contributed by atoms with Crippen molar-refractivity contribution in [3.8, 4) is 6.07 Å². The fourth-order valence-corrected chi connectivity index (χ4v) is 1.17. The summed E-state index contributed by atoms with van der Waals surface area (Å²) in [5.74, 6) is 0. The zero-order chi connectivity index (χ0) is 10.4. The number of allylic oxidation sites excluding steroid dienone is 1. The minimum absolute atomic E-state index is 0.668. The van der Waals surface area contributed by atoms with Gasteiger partial charge in [0.1, 0.15) is 0 Å². The van der Waals surface area contributed by atoms with Crippen molar-refractivity contribution in [3.63, 3.8) is 0 Å². The number of H-pyrrole nitrogens is 1. The largest absolute Gasteiger partial charge is 0.333 e. The number of aromatic nitrogens is 2. The van der Waals surface area contributed by atoms with Gasteiger partial charge in [0, 0.05) is 6.08 Å². The second-order valence-electron chi connectivity index (χ2n) is 2.41. The van der Waals surface area contributed by atoms with Gasteiger partial charge in [-0.3, -0.25) is 0 Å². The molecule has 70 valence electrons. The van der Waals surface area contributed by atoms with Crippen molar-refractivity contribution < 1.29 is 0 Å². The van der Waals surface area contributed by atoms with Crippen LogP contribution < -0.4 is 0 Å². The molecule has 1 N–H and O–H groups in total. The number of thiol groups is 1. The van der Waals surface area contributed by atoms with Crippen LogP contribution in [0.4, 0.5) is 0 Å².